The van der Waals surface area contributed by atoms with Crippen molar-refractivity contribution in [1.82, 2.24) is 15.4 Å². The largest absolute Gasteiger partial charge is 0.436 e. The molecule has 0 spiro atoms. The Labute approximate surface area is 207 Å². The highest BCUT2D eigenvalue weighted by Crippen LogP contribution is 2.21. The van der Waals surface area contributed by atoms with Gasteiger partial charge in [-0.05, 0) is 30.2 Å². The third-order valence-electron chi connectivity index (χ3n) is 4.83. The van der Waals surface area contributed by atoms with Gasteiger partial charge in [-0.3, -0.25) is 34.6 Å². The first kappa shape index (κ1) is 26.4. The molecule has 0 aliphatic carbocycles. The van der Waals surface area contributed by atoms with Crippen LogP contribution in [0.5, 0.6) is 0 Å². The minimum Gasteiger partial charge on any atom is -0.352 e. The van der Waals surface area contributed by atoms with Gasteiger partial charge in [-0.15, -0.1) is 10.1 Å². The molecule has 3 N–H and O–H groups in total. The summed E-state index contributed by atoms with van der Waals surface area (Å²) in [6, 6.07) is 3.60. The maximum atomic E-state index is 12.6. The SMILES string of the molecule is [N-]=[N+]=NCCCNC(=O)c1cc(NC(=O)ON2C(=O)CCC2=O)cc(NC(=O)ON2C(=O)CCC2=O)c1. The quantitative estimate of drug-likeness (QED) is 0.141. The number of hydroxylamine groups is 4. The van der Waals surface area contributed by atoms with Crippen LogP contribution in [0.15, 0.2) is 23.3 Å². The molecular formula is C20H20N8O9. The molecule has 2 aliphatic rings. The standard InChI is InChI=1S/C20H20N8O9/c21-26-23-7-1-6-22-18(33)11-8-12(24-19(34)36-27-14(29)2-3-15(27)30)10-13(9-11)25-20(35)37-28-16(31)4-5-17(28)32/h8-10H,1-7H2,(H,22,33)(H,24,34)(H,25,35). The van der Waals surface area contributed by atoms with Gasteiger partial charge in [-0.25, -0.2) is 9.59 Å². The topological polar surface area (TPSA) is 229 Å². The van der Waals surface area contributed by atoms with Gasteiger partial charge in [0.25, 0.3) is 29.5 Å². The second kappa shape index (κ2) is 12.0. The molecule has 17 heteroatoms. The fourth-order valence-electron chi connectivity index (χ4n) is 3.16. The first-order valence-electron chi connectivity index (χ1n) is 10.8. The molecule has 0 unspecified atom stereocenters. The Hall–Kier alpha value is -5.18. The van der Waals surface area contributed by atoms with E-state index < -0.39 is 41.7 Å². The lowest BCUT2D eigenvalue weighted by atomic mass is 10.1. The molecule has 0 aromatic heterocycles. The van der Waals surface area contributed by atoms with E-state index in [-0.39, 0.29) is 55.7 Å². The number of hydrogen-bond donors (Lipinski definition) is 3. The van der Waals surface area contributed by atoms with Crippen LogP contribution in [-0.2, 0) is 28.9 Å². The number of anilines is 2. The van der Waals surface area contributed by atoms with Gasteiger partial charge >= 0.3 is 12.2 Å². The van der Waals surface area contributed by atoms with E-state index in [1.807, 2.05) is 0 Å². The molecular weight excluding hydrogens is 496 g/mol. The van der Waals surface area contributed by atoms with Crippen LogP contribution < -0.4 is 16.0 Å². The molecule has 2 heterocycles. The van der Waals surface area contributed by atoms with Crippen LogP contribution in [0.3, 0.4) is 0 Å². The maximum absolute atomic E-state index is 12.6. The Bertz CT molecular complexity index is 1110. The molecule has 0 atom stereocenters. The highest BCUT2D eigenvalue weighted by molar-refractivity contribution is 6.04. The predicted octanol–water partition coefficient (Wildman–Crippen LogP) is 1.34. The summed E-state index contributed by atoms with van der Waals surface area (Å²) < 4.78 is 0. The van der Waals surface area contributed by atoms with Gasteiger partial charge in [-0.2, -0.15) is 0 Å². The van der Waals surface area contributed by atoms with Crippen LogP contribution in [0.25, 0.3) is 10.4 Å². The molecule has 17 nitrogen and oxygen atoms in total. The number of amides is 7. The minimum atomic E-state index is -1.22. The Morgan fingerprint density at radius 2 is 1.30 bits per heavy atom. The van der Waals surface area contributed by atoms with Crippen LogP contribution in [0.1, 0.15) is 42.5 Å². The molecule has 194 valence electrons. The summed E-state index contributed by atoms with van der Waals surface area (Å²) in [6.45, 7) is 0.283. The van der Waals surface area contributed by atoms with Crippen molar-refractivity contribution in [3.8, 4) is 0 Å². The van der Waals surface area contributed by atoms with Crippen molar-refractivity contribution < 1.29 is 43.2 Å². The van der Waals surface area contributed by atoms with E-state index >= 15 is 0 Å². The molecule has 37 heavy (non-hydrogen) atoms. The van der Waals surface area contributed by atoms with Gasteiger partial charge in [0.1, 0.15) is 0 Å². The number of carbonyl (C=O) groups is 7. The van der Waals surface area contributed by atoms with Crippen LogP contribution in [0.2, 0.25) is 0 Å². The Balaban J connectivity index is 1.74. The fraction of sp³-hybridized carbons (Fsp3) is 0.350. The monoisotopic (exact) mass is 516 g/mol. The molecule has 2 saturated heterocycles. The Kier molecular flexibility index (Phi) is 8.56. The minimum absolute atomic E-state index is 0.0569. The summed E-state index contributed by atoms with van der Waals surface area (Å²) in [7, 11) is 0. The number of nitrogens with zero attached hydrogens (tertiary/aromatic N) is 5. The van der Waals surface area contributed by atoms with Crippen molar-refractivity contribution in [3.05, 3.63) is 34.2 Å². The zero-order valence-electron chi connectivity index (χ0n) is 19.1. The lowest BCUT2D eigenvalue weighted by Gasteiger charge is -2.16. The van der Waals surface area contributed by atoms with Crippen LogP contribution in [-0.4, -0.2) is 64.9 Å². The normalized spacial score (nSPS) is 14.8. The number of nitrogens with one attached hydrogen (secondary N) is 3. The van der Waals surface area contributed by atoms with Gasteiger partial charge in [-0.1, -0.05) is 5.11 Å². The number of benzene rings is 1. The number of imide groups is 2. The third kappa shape index (κ3) is 7.15. The van der Waals surface area contributed by atoms with Crippen LogP contribution >= 0.6 is 0 Å². The predicted molar refractivity (Wildman–Crippen MR) is 120 cm³/mol. The highest BCUT2D eigenvalue weighted by Gasteiger charge is 2.34. The van der Waals surface area contributed by atoms with Crippen molar-refractivity contribution >= 4 is 53.1 Å². The summed E-state index contributed by atoms with van der Waals surface area (Å²) in [5.74, 6) is -3.45. The summed E-state index contributed by atoms with van der Waals surface area (Å²) in [6.07, 6.45) is -2.55. The van der Waals surface area contributed by atoms with Crippen molar-refractivity contribution in [2.75, 3.05) is 23.7 Å². The molecule has 2 fully saturated rings. The Morgan fingerprint density at radius 3 is 1.73 bits per heavy atom. The number of rotatable bonds is 9. The average molecular weight is 516 g/mol. The van der Waals surface area contributed by atoms with Gasteiger partial charge < -0.3 is 15.0 Å². The van der Waals surface area contributed by atoms with E-state index in [0.717, 1.165) is 0 Å². The van der Waals surface area contributed by atoms with E-state index in [4.69, 9.17) is 15.2 Å². The molecule has 0 radical (unpaired) electrons. The van der Waals surface area contributed by atoms with E-state index in [1.54, 1.807) is 0 Å². The summed E-state index contributed by atoms with van der Waals surface area (Å²) >= 11 is 0. The number of azide groups is 1. The van der Waals surface area contributed by atoms with E-state index in [9.17, 15) is 33.6 Å². The third-order valence-corrected chi connectivity index (χ3v) is 4.83. The first-order valence-corrected chi connectivity index (χ1v) is 10.8. The molecule has 3 rings (SSSR count). The van der Waals surface area contributed by atoms with Gasteiger partial charge in [0.05, 0.1) is 0 Å². The molecule has 1 aromatic carbocycles. The second-order valence-corrected chi connectivity index (χ2v) is 7.53. The number of carbonyl (C=O) groups excluding carboxylic acids is 7. The zero-order valence-corrected chi connectivity index (χ0v) is 19.1. The molecule has 1 aromatic rings. The lowest BCUT2D eigenvalue weighted by Crippen LogP contribution is -2.34. The van der Waals surface area contributed by atoms with Crippen LogP contribution in [0.4, 0.5) is 21.0 Å². The summed E-state index contributed by atoms with van der Waals surface area (Å²) in [5, 5.41) is 11.0. The van der Waals surface area contributed by atoms with E-state index in [1.165, 1.54) is 18.2 Å². The van der Waals surface area contributed by atoms with Crippen molar-refractivity contribution in [2.24, 2.45) is 5.11 Å². The van der Waals surface area contributed by atoms with Gasteiger partial charge in [0, 0.05) is 60.6 Å². The van der Waals surface area contributed by atoms with Crippen molar-refractivity contribution in [3.63, 3.8) is 0 Å². The van der Waals surface area contributed by atoms with Crippen LogP contribution in [0, 0.1) is 0 Å². The second-order valence-electron chi connectivity index (χ2n) is 7.53. The molecule has 2 aliphatic heterocycles. The number of hydrogen-bond acceptors (Lipinski definition) is 10. The van der Waals surface area contributed by atoms with Crippen molar-refractivity contribution in [1.29, 1.82) is 0 Å². The van der Waals surface area contributed by atoms with Gasteiger partial charge in [0.15, 0.2) is 0 Å². The fourth-order valence-corrected chi connectivity index (χ4v) is 3.16. The van der Waals surface area contributed by atoms with E-state index in [0.29, 0.717) is 16.5 Å². The van der Waals surface area contributed by atoms with Crippen molar-refractivity contribution in [2.45, 2.75) is 32.1 Å². The molecule has 0 bridgehead atoms. The van der Waals surface area contributed by atoms with Gasteiger partial charge in [0.2, 0.25) is 0 Å². The van der Waals surface area contributed by atoms with E-state index in [2.05, 4.69) is 26.0 Å². The lowest BCUT2D eigenvalue weighted by molar-refractivity contribution is -0.171. The zero-order chi connectivity index (χ0) is 26.9. The molecule has 0 saturated carbocycles. The maximum Gasteiger partial charge on any atom is 0.436 e. The first-order chi connectivity index (χ1) is 17.7. The summed E-state index contributed by atoms with van der Waals surface area (Å²) in [5.41, 5.74) is 8.06. The summed E-state index contributed by atoms with van der Waals surface area (Å²) in [4.78, 5) is 95.7. The average Bonchev–Trinajstić information content (AvgIpc) is 3.33. The smallest absolute Gasteiger partial charge is 0.352 e. The highest BCUT2D eigenvalue weighted by atomic mass is 16.7. The Morgan fingerprint density at radius 1 is 0.838 bits per heavy atom. The molecule has 7 amide bonds.